The molecule has 0 saturated heterocycles. The Bertz CT molecular complexity index is 920. The van der Waals surface area contributed by atoms with Crippen LogP contribution in [0.1, 0.15) is 11.3 Å². The van der Waals surface area contributed by atoms with E-state index in [0.717, 1.165) is 4.52 Å². The highest BCUT2D eigenvalue weighted by Gasteiger charge is 2.33. The fourth-order valence-electron chi connectivity index (χ4n) is 2.07. The highest BCUT2D eigenvalue weighted by molar-refractivity contribution is 5.66. The van der Waals surface area contributed by atoms with Crippen molar-refractivity contribution in [2.24, 2.45) is 0 Å². The number of rotatable bonds is 2. The van der Waals surface area contributed by atoms with Gasteiger partial charge in [0.1, 0.15) is 0 Å². The van der Waals surface area contributed by atoms with Crippen molar-refractivity contribution in [2.75, 3.05) is 0 Å². The van der Waals surface area contributed by atoms with E-state index in [9.17, 15) is 23.3 Å². The third kappa shape index (κ3) is 2.58. The van der Waals surface area contributed by atoms with Gasteiger partial charge in [0, 0.05) is 17.2 Å². The molecule has 1 aromatic carbocycles. The normalized spacial score (nSPS) is 11.8. The molecule has 2 heterocycles. The summed E-state index contributed by atoms with van der Waals surface area (Å²) in [6.45, 7) is 1.59. The molecule has 0 atom stereocenters. The maximum atomic E-state index is 12.6. The van der Waals surface area contributed by atoms with Gasteiger partial charge in [-0.15, -0.1) is 0 Å². The van der Waals surface area contributed by atoms with Crippen molar-refractivity contribution in [3.63, 3.8) is 0 Å². The Morgan fingerprint density at radius 2 is 2.00 bits per heavy atom. The summed E-state index contributed by atoms with van der Waals surface area (Å²) >= 11 is 0. The van der Waals surface area contributed by atoms with Crippen LogP contribution in [-0.2, 0) is 6.18 Å². The predicted molar refractivity (Wildman–Crippen MR) is 72.6 cm³/mol. The summed E-state index contributed by atoms with van der Waals surface area (Å²) in [7, 11) is 0. The lowest BCUT2D eigenvalue weighted by molar-refractivity contribution is -0.385. The third-order valence-corrected chi connectivity index (χ3v) is 3.23. The van der Waals surface area contributed by atoms with Crippen molar-refractivity contribution in [1.29, 1.82) is 0 Å². The molecule has 0 amide bonds. The van der Waals surface area contributed by atoms with Gasteiger partial charge >= 0.3 is 6.18 Å². The molecule has 3 rings (SSSR count). The number of imidazole rings is 1. The molecule has 0 aliphatic carbocycles. The van der Waals surface area contributed by atoms with Crippen LogP contribution in [0.2, 0.25) is 0 Å². The number of nitrogens with zero attached hydrogens (tertiary/aromatic N) is 5. The largest absolute Gasteiger partial charge is 0.435 e. The number of fused-ring (bicyclic) bond motifs is 1. The molecule has 0 bridgehead atoms. The minimum Gasteiger partial charge on any atom is -0.258 e. The predicted octanol–water partition coefficient (Wildman–Crippen LogP) is 3.03. The van der Waals surface area contributed by atoms with E-state index < -0.39 is 16.8 Å². The van der Waals surface area contributed by atoms with Crippen LogP contribution >= 0.6 is 0 Å². The number of halogens is 3. The van der Waals surface area contributed by atoms with Crippen molar-refractivity contribution >= 4 is 11.5 Å². The van der Waals surface area contributed by atoms with Gasteiger partial charge < -0.3 is 0 Å². The molecule has 3 aromatic rings. The standard InChI is InChI=1S/C13H8F3N5O2/c1-7-2-3-8(4-9(7)21(22)23)10-5-17-12-19-11(13(14,15)16)6-18-20(10)12/h2-6H,1H3. The molecule has 0 spiro atoms. The van der Waals surface area contributed by atoms with Crippen LogP contribution in [0.25, 0.3) is 17.0 Å². The first-order chi connectivity index (χ1) is 10.8. The fourth-order valence-corrected chi connectivity index (χ4v) is 2.07. The first-order valence-electron chi connectivity index (χ1n) is 6.31. The molecule has 7 nitrogen and oxygen atoms in total. The minimum absolute atomic E-state index is 0.0997. The number of aromatic nitrogens is 4. The molecule has 0 aliphatic rings. The SMILES string of the molecule is Cc1ccc(-c2cnc3nc(C(F)(F)F)cnn23)cc1[N+](=O)[O-]. The molecule has 0 saturated carbocycles. The third-order valence-electron chi connectivity index (χ3n) is 3.23. The summed E-state index contributed by atoms with van der Waals surface area (Å²) < 4.78 is 39.0. The maximum Gasteiger partial charge on any atom is 0.435 e. The number of hydrogen-bond acceptors (Lipinski definition) is 5. The molecular weight excluding hydrogens is 315 g/mol. The van der Waals surface area contributed by atoms with Gasteiger partial charge in [-0.1, -0.05) is 12.1 Å². The van der Waals surface area contributed by atoms with E-state index in [1.54, 1.807) is 19.1 Å². The van der Waals surface area contributed by atoms with Crippen molar-refractivity contribution in [2.45, 2.75) is 13.1 Å². The fraction of sp³-hybridized carbons (Fsp3) is 0.154. The lowest BCUT2D eigenvalue weighted by Gasteiger charge is -2.06. The summed E-state index contributed by atoms with van der Waals surface area (Å²) in [6, 6.07) is 4.47. The van der Waals surface area contributed by atoms with E-state index >= 15 is 0 Å². The second-order valence-electron chi connectivity index (χ2n) is 4.75. The summed E-state index contributed by atoms with van der Waals surface area (Å²) in [5.74, 6) is -0.238. The second-order valence-corrected chi connectivity index (χ2v) is 4.75. The van der Waals surface area contributed by atoms with Gasteiger partial charge in [0.15, 0.2) is 5.69 Å². The first kappa shape index (κ1) is 14.9. The lowest BCUT2D eigenvalue weighted by Crippen LogP contribution is -2.11. The van der Waals surface area contributed by atoms with Crippen LogP contribution in [0.4, 0.5) is 18.9 Å². The number of hydrogen-bond donors (Lipinski definition) is 0. The van der Waals surface area contributed by atoms with E-state index in [1.807, 2.05) is 0 Å². The molecular formula is C13H8F3N5O2. The van der Waals surface area contributed by atoms with Gasteiger partial charge in [0.2, 0.25) is 0 Å². The quantitative estimate of drug-likeness (QED) is 0.534. The zero-order valence-corrected chi connectivity index (χ0v) is 11.6. The zero-order chi connectivity index (χ0) is 16.8. The second kappa shape index (κ2) is 5.00. The Morgan fingerprint density at radius 1 is 1.26 bits per heavy atom. The summed E-state index contributed by atoms with van der Waals surface area (Å²) in [6.07, 6.45) is -2.77. The molecule has 118 valence electrons. The van der Waals surface area contributed by atoms with Crippen LogP contribution in [0.5, 0.6) is 0 Å². The summed E-state index contributed by atoms with van der Waals surface area (Å²) in [5.41, 5.74) is -0.0689. The number of nitro groups is 1. The molecule has 0 radical (unpaired) electrons. The zero-order valence-electron chi connectivity index (χ0n) is 11.6. The molecule has 0 fully saturated rings. The summed E-state index contributed by atoms with van der Waals surface area (Å²) in [5, 5.41) is 14.7. The minimum atomic E-state index is -4.62. The van der Waals surface area contributed by atoms with Gasteiger partial charge in [-0.2, -0.15) is 22.8 Å². The highest BCUT2D eigenvalue weighted by atomic mass is 19.4. The Kier molecular flexibility index (Phi) is 3.24. The molecule has 0 unspecified atom stereocenters. The maximum absolute atomic E-state index is 12.6. The van der Waals surface area contributed by atoms with Crippen LogP contribution in [0.3, 0.4) is 0 Å². The van der Waals surface area contributed by atoms with Crippen LogP contribution < -0.4 is 0 Å². The molecule has 2 aromatic heterocycles. The number of nitro benzene ring substituents is 1. The van der Waals surface area contributed by atoms with Gasteiger partial charge in [0.25, 0.3) is 11.5 Å². The average molecular weight is 323 g/mol. The van der Waals surface area contributed by atoms with Crippen molar-refractivity contribution in [3.8, 4) is 11.3 Å². The van der Waals surface area contributed by atoms with Gasteiger partial charge in [-0.25, -0.2) is 9.97 Å². The Balaban J connectivity index is 2.15. The van der Waals surface area contributed by atoms with Crippen molar-refractivity contribution < 1.29 is 18.1 Å². The van der Waals surface area contributed by atoms with Crippen molar-refractivity contribution in [1.82, 2.24) is 19.6 Å². The van der Waals surface area contributed by atoms with E-state index in [2.05, 4.69) is 15.1 Å². The Hall–Kier alpha value is -3.04. The Morgan fingerprint density at radius 3 is 2.65 bits per heavy atom. The number of alkyl halides is 3. The van der Waals surface area contributed by atoms with E-state index in [-0.39, 0.29) is 11.5 Å². The summed E-state index contributed by atoms with van der Waals surface area (Å²) in [4.78, 5) is 17.6. The molecule has 0 aliphatic heterocycles. The van der Waals surface area contributed by atoms with E-state index in [0.29, 0.717) is 23.0 Å². The van der Waals surface area contributed by atoms with Gasteiger partial charge in [-0.05, 0) is 6.92 Å². The number of aryl methyl sites for hydroxylation is 1. The first-order valence-corrected chi connectivity index (χ1v) is 6.31. The van der Waals surface area contributed by atoms with Crippen LogP contribution in [-0.4, -0.2) is 24.5 Å². The average Bonchev–Trinajstić information content (AvgIpc) is 2.89. The Labute approximate surface area is 126 Å². The lowest BCUT2D eigenvalue weighted by atomic mass is 10.1. The smallest absolute Gasteiger partial charge is 0.258 e. The van der Waals surface area contributed by atoms with E-state index in [4.69, 9.17) is 0 Å². The van der Waals surface area contributed by atoms with Gasteiger partial charge in [0.05, 0.1) is 23.0 Å². The van der Waals surface area contributed by atoms with E-state index in [1.165, 1.54) is 12.3 Å². The topological polar surface area (TPSA) is 86.2 Å². The molecule has 10 heteroatoms. The van der Waals surface area contributed by atoms with Crippen LogP contribution in [0.15, 0.2) is 30.6 Å². The monoisotopic (exact) mass is 323 g/mol. The van der Waals surface area contributed by atoms with Crippen LogP contribution in [0, 0.1) is 17.0 Å². The van der Waals surface area contributed by atoms with Gasteiger partial charge in [-0.3, -0.25) is 10.1 Å². The number of benzene rings is 1. The molecule has 23 heavy (non-hydrogen) atoms. The molecule has 0 N–H and O–H groups in total. The van der Waals surface area contributed by atoms with Crippen molar-refractivity contribution in [3.05, 3.63) is 52.0 Å². The highest BCUT2D eigenvalue weighted by Crippen LogP contribution is 2.29.